The van der Waals surface area contributed by atoms with E-state index in [2.05, 4.69) is 58.9 Å². The second kappa shape index (κ2) is 8.98. The summed E-state index contributed by atoms with van der Waals surface area (Å²) in [7, 11) is 0. The van der Waals surface area contributed by atoms with Gasteiger partial charge < -0.3 is 4.90 Å². The van der Waals surface area contributed by atoms with Crippen molar-refractivity contribution in [1.82, 2.24) is 4.90 Å². The van der Waals surface area contributed by atoms with E-state index in [1.54, 1.807) is 6.08 Å². The van der Waals surface area contributed by atoms with Crippen LogP contribution in [-0.2, 0) is 0 Å². The van der Waals surface area contributed by atoms with Crippen LogP contribution >= 0.6 is 0 Å². The van der Waals surface area contributed by atoms with Gasteiger partial charge in [0, 0.05) is 23.5 Å². The van der Waals surface area contributed by atoms with Gasteiger partial charge in [0.25, 0.3) is 0 Å². The molecule has 0 unspecified atom stereocenters. The van der Waals surface area contributed by atoms with E-state index >= 15 is 0 Å². The largest absolute Gasteiger partial charge is 0.315 e. The molecule has 0 atom stereocenters. The van der Waals surface area contributed by atoms with Gasteiger partial charge in [-0.05, 0) is 39.8 Å². The maximum atomic E-state index is 4.19. The molecule has 0 amide bonds. The maximum Gasteiger partial charge on any atom is 0.0444 e. The van der Waals surface area contributed by atoms with Crippen LogP contribution in [0.15, 0.2) is 84.9 Å². The van der Waals surface area contributed by atoms with Gasteiger partial charge in [0.05, 0.1) is 0 Å². The van der Waals surface area contributed by atoms with E-state index in [0.717, 1.165) is 23.5 Å². The second-order valence-electron chi connectivity index (χ2n) is 4.96. The van der Waals surface area contributed by atoms with Crippen LogP contribution in [0.1, 0.15) is 34.1 Å². The molecule has 0 fully saturated rings. The minimum atomic E-state index is 0.726. The van der Waals surface area contributed by atoms with Crippen LogP contribution in [0.4, 0.5) is 0 Å². The summed E-state index contributed by atoms with van der Waals surface area (Å²) in [5.41, 5.74) is 5.51. The van der Waals surface area contributed by atoms with Gasteiger partial charge in [-0.3, -0.25) is 0 Å². The molecular weight excluding hydrogens is 242 g/mol. The first-order chi connectivity index (χ1) is 9.40. The molecular formula is C19H27N. The van der Waals surface area contributed by atoms with Crippen molar-refractivity contribution in [3.8, 4) is 0 Å². The number of rotatable bonds is 8. The Kier molecular flexibility index (Phi) is 8.07. The fourth-order valence-electron chi connectivity index (χ4n) is 1.87. The molecule has 20 heavy (non-hydrogen) atoms. The van der Waals surface area contributed by atoms with Crippen molar-refractivity contribution in [2.75, 3.05) is 0 Å². The summed E-state index contributed by atoms with van der Waals surface area (Å²) in [4.78, 5) is 2.14. The third kappa shape index (κ3) is 4.93. The van der Waals surface area contributed by atoms with E-state index in [0.29, 0.717) is 0 Å². The normalized spacial score (nSPS) is 9.80. The average molecular weight is 269 g/mol. The van der Waals surface area contributed by atoms with Crippen molar-refractivity contribution in [2.24, 2.45) is 0 Å². The Balaban J connectivity index is 6.04. The Morgan fingerprint density at radius 2 is 1.50 bits per heavy atom. The van der Waals surface area contributed by atoms with Crippen molar-refractivity contribution in [3.63, 3.8) is 0 Å². The predicted molar refractivity (Wildman–Crippen MR) is 92.1 cm³/mol. The first kappa shape index (κ1) is 18.0. The Bertz CT molecular complexity index is 476. The summed E-state index contributed by atoms with van der Waals surface area (Å²) in [5, 5.41) is 0. The Morgan fingerprint density at radius 3 is 1.85 bits per heavy atom. The minimum absolute atomic E-state index is 0.726. The summed E-state index contributed by atoms with van der Waals surface area (Å²) in [6, 6.07) is 0. The fraction of sp³-hybridized carbons (Fsp3) is 0.263. The van der Waals surface area contributed by atoms with Gasteiger partial charge in [0.15, 0.2) is 0 Å². The van der Waals surface area contributed by atoms with E-state index < -0.39 is 0 Å². The predicted octanol–water partition coefficient (Wildman–Crippen LogP) is 5.89. The van der Waals surface area contributed by atoms with Crippen molar-refractivity contribution < 1.29 is 0 Å². The zero-order valence-corrected chi connectivity index (χ0v) is 13.4. The highest BCUT2D eigenvalue weighted by Gasteiger charge is 2.15. The van der Waals surface area contributed by atoms with Crippen molar-refractivity contribution in [2.45, 2.75) is 34.1 Å². The molecule has 0 saturated heterocycles. The summed E-state index contributed by atoms with van der Waals surface area (Å²) < 4.78 is 0. The first-order valence-electron chi connectivity index (χ1n) is 6.75. The molecule has 0 saturated carbocycles. The lowest BCUT2D eigenvalue weighted by Gasteiger charge is -2.30. The molecule has 1 heteroatoms. The molecule has 0 heterocycles. The van der Waals surface area contributed by atoms with E-state index in [-0.39, 0.29) is 0 Å². The average Bonchev–Trinajstić information content (AvgIpc) is 2.37. The summed E-state index contributed by atoms with van der Waals surface area (Å²) in [6.45, 7) is 24.0. The van der Waals surface area contributed by atoms with Gasteiger partial charge in [-0.1, -0.05) is 49.1 Å². The highest BCUT2D eigenvalue weighted by molar-refractivity contribution is 5.38. The van der Waals surface area contributed by atoms with Gasteiger partial charge in [-0.15, -0.1) is 6.58 Å². The van der Waals surface area contributed by atoms with E-state index in [4.69, 9.17) is 0 Å². The maximum absolute atomic E-state index is 4.19. The molecule has 0 aliphatic carbocycles. The topological polar surface area (TPSA) is 3.24 Å². The third-order valence-corrected chi connectivity index (χ3v) is 2.79. The van der Waals surface area contributed by atoms with Crippen LogP contribution in [0.2, 0.25) is 0 Å². The van der Waals surface area contributed by atoms with Gasteiger partial charge in [0.1, 0.15) is 0 Å². The summed E-state index contributed by atoms with van der Waals surface area (Å²) >= 11 is 0. The minimum Gasteiger partial charge on any atom is -0.315 e. The highest BCUT2D eigenvalue weighted by Crippen LogP contribution is 2.27. The van der Waals surface area contributed by atoms with Crippen molar-refractivity contribution >= 4 is 0 Å². The second-order valence-corrected chi connectivity index (χ2v) is 4.96. The zero-order valence-electron chi connectivity index (χ0n) is 13.4. The molecule has 0 aromatic carbocycles. The highest BCUT2D eigenvalue weighted by atomic mass is 15.2. The van der Waals surface area contributed by atoms with Crippen LogP contribution < -0.4 is 0 Å². The van der Waals surface area contributed by atoms with Crippen molar-refractivity contribution in [1.29, 1.82) is 0 Å². The Hall–Kier alpha value is -2.02. The molecule has 0 N–H and O–H groups in total. The Labute approximate surface area is 124 Å². The lowest BCUT2D eigenvalue weighted by Crippen LogP contribution is -2.21. The zero-order chi connectivity index (χ0) is 15.7. The van der Waals surface area contributed by atoms with Gasteiger partial charge >= 0.3 is 0 Å². The number of allylic oxidation sites excluding steroid dienone is 7. The number of nitrogens with zero attached hydrogens (tertiary/aromatic N) is 1. The Morgan fingerprint density at radius 1 is 0.950 bits per heavy atom. The fourth-order valence-corrected chi connectivity index (χ4v) is 1.87. The van der Waals surface area contributed by atoms with Crippen LogP contribution in [0.25, 0.3) is 0 Å². The van der Waals surface area contributed by atoms with E-state index in [1.165, 1.54) is 11.1 Å². The lowest BCUT2D eigenvalue weighted by molar-refractivity contribution is 0.537. The first-order valence-corrected chi connectivity index (χ1v) is 6.75. The smallest absolute Gasteiger partial charge is 0.0444 e. The van der Waals surface area contributed by atoms with Gasteiger partial charge in [-0.25, -0.2) is 0 Å². The SMILES string of the molecule is C=C/C=C\C(=C(C)C)N(C(=C)CC=C)C(C=C)=C(C)C. The van der Waals surface area contributed by atoms with Crippen LogP contribution in [-0.4, -0.2) is 4.90 Å². The van der Waals surface area contributed by atoms with Gasteiger partial charge in [-0.2, -0.15) is 0 Å². The number of hydrogen-bond acceptors (Lipinski definition) is 1. The van der Waals surface area contributed by atoms with Crippen molar-refractivity contribution in [3.05, 3.63) is 84.9 Å². The monoisotopic (exact) mass is 269 g/mol. The molecule has 0 spiro atoms. The molecule has 1 nitrogen and oxygen atoms in total. The third-order valence-electron chi connectivity index (χ3n) is 2.79. The molecule has 0 radical (unpaired) electrons. The standard InChI is InChI=1S/C19H27N/c1-9-12-14-19(16(6)7)20(17(8)13-10-2)18(11-3)15(4)5/h9-12,14H,1-3,8,13H2,4-7H3/b14-12-. The molecule has 0 aromatic rings. The van der Waals surface area contributed by atoms with Gasteiger partial charge in [0.2, 0.25) is 0 Å². The van der Waals surface area contributed by atoms with E-state index in [9.17, 15) is 0 Å². The summed E-state index contributed by atoms with van der Waals surface area (Å²) in [6.07, 6.45) is 10.2. The number of hydrogen-bond donors (Lipinski definition) is 0. The molecule has 0 aliphatic heterocycles. The molecule has 0 aromatic heterocycles. The molecule has 108 valence electrons. The summed E-state index contributed by atoms with van der Waals surface area (Å²) in [5.74, 6) is 0. The molecule has 0 aliphatic rings. The molecule has 0 bridgehead atoms. The van der Waals surface area contributed by atoms with E-state index in [1.807, 2.05) is 24.3 Å². The van der Waals surface area contributed by atoms with Crippen LogP contribution in [0.3, 0.4) is 0 Å². The quantitative estimate of drug-likeness (QED) is 0.392. The lowest BCUT2D eigenvalue weighted by atomic mass is 10.1. The van der Waals surface area contributed by atoms with Crippen LogP contribution in [0.5, 0.6) is 0 Å². The molecule has 0 rings (SSSR count). The van der Waals surface area contributed by atoms with Crippen LogP contribution in [0, 0.1) is 0 Å².